The molecule has 19 heavy (non-hydrogen) atoms. The van der Waals surface area contributed by atoms with E-state index in [0.29, 0.717) is 0 Å². The molecule has 0 unspecified atom stereocenters. The average Bonchev–Trinajstić information content (AvgIpc) is 2.49. The number of rotatable bonds is 6. The van der Waals surface area contributed by atoms with Gasteiger partial charge in [-0.15, -0.1) is 0 Å². The zero-order chi connectivity index (χ0) is 13.5. The first-order valence-corrected chi connectivity index (χ1v) is 6.16. The molecule has 2 aromatic carbocycles. The molecule has 3 nitrogen and oxygen atoms in total. The van der Waals surface area contributed by atoms with Gasteiger partial charge in [-0.25, -0.2) is 4.42 Å². The van der Waals surface area contributed by atoms with Gasteiger partial charge in [-0.05, 0) is 35.4 Å². The Hall–Kier alpha value is -2.13. The number of methoxy groups -OCH3 is 1. The molecule has 0 amide bonds. The van der Waals surface area contributed by atoms with Crippen LogP contribution in [0.4, 0.5) is 0 Å². The number of hydrogen-bond donors (Lipinski definition) is 1. The smallest absolute Gasteiger partial charge is 0.351 e. The van der Waals surface area contributed by atoms with E-state index in [0.717, 1.165) is 24.6 Å². The molecule has 0 fully saturated rings. The van der Waals surface area contributed by atoms with E-state index in [9.17, 15) is 0 Å². The van der Waals surface area contributed by atoms with Crippen molar-refractivity contribution in [3.63, 3.8) is 0 Å². The first-order valence-electron chi connectivity index (χ1n) is 6.16. The summed E-state index contributed by atoms with van der Waals surface area (Å²) in [5.41, 5.74) is 2.45. The van der Waals surface area contributed by atoms with E-state index in [1.807, 2.05) is 36.4 Å². The lowest BCUT2D eigenvalue weighted by atomic mass is 10.2. The maximum absolute atomic E-state index is 5.13. The van der Waals surface area contributed by atoms with Gasteiger partial charge in [0, 0.05) is 25.2 Å². The number of ether oxygens (including phenoxy) is 1. The minimum absolute atomic E-state index is 0.777. The van der Waals surface area contributed by atoms with Crippen LogP contribution in [0.1, 0.15) is 11.1 Å². The van der Waals surface area contributed by atoms with Gasteiger partial charge in [0.15, 0.2) is 0 Å². The number of carbonyl (C=O) groups excluding carboxylic acids is 1. The monoisotopic (exact) mass is 256 g/mol. The van der Waals surface area contributed by atoms with E-state index in [-0.39, 0.29) is 0 Å². The molecule has 0 saturated carbocycles. The second kappa shape index (κ2) is 6.71. The normalized spacial score (nSPS) is 10.2. The number of hydrogen-bond acceptors (Lipinski definition) is 2. The molecule has 2 rings (SSSR count). The molecule has 0 aliphatic carbocycles. The largest absolute Gasteiger partial charge is 0.497 e. The zero-order valence-corrected chi connectivity index (χ0v) is 11.1. The summed E-state index contributed by atoms with van der Waals surface area (Å²) in [6, 6.07) is 15.9. The summed E-state index contributed by atoms with van der Waals surface area (Å²) in [5, 5.41) is 3.40. The molecule has 0 bridgehead atoms. The van der Waals surface area contributed by atoms with E-state index in [2.05, 4.69) is 24.2 Å². The van der Waals surface area contributed by atoms with Gasteiger partial charge in [-0.1, -0.05) is 12.1 Å². The first-order chi connectivity index (χ1) is 9.31. The van der Waals surface area contributed by atoms with Crippen molar-refractivity contribution in [3.8, 4) is 11.5 Å². The zero-order valence-electron chi connectivity index (χ0n) is 11.1. The maximum Gasteiger partial charge on any atom is 0.351 e. The number of benzene rings is 2. The highest BCUT2D eigenvalue weighted by Crippen LogP contribution is 2.13. The fourth-order valence-electron chi connectivity index (χ4n) is 1.80. The summed E-state index contributed by atoms with van der Waals surface area (Å²) < 4.78 is 10.0. The molecule has 3 heteroatoms. The van der Waals surface area contributed by atoms with E-state index in [1.165, 1.54) is 11.1 Å². The third kappa shape index (κ3) is 3.93. The quantitative estimate of drug-likeness (QED) is 0.806. The number of nitrogens with one attached hydrogen (secondary N) is 1. The highest BCUT2D eigenvalue weighted by atomic mass is 16.5. The Kier molecular flexibility index (Phi) is 4.70. The van der Waals surface area contributed by atoms with Gasteiger partial charge in [0.2, 0.25) is 0 Å². The van der Waals surface area contributed by atoms with Crippen molar-refractivity contribution < 1.29 is 9.16 Å². The van der Waals surface area contributed by atoms with Crippen LogP contribution in [0.25, 0.3) is 0 Å². The second-order valence-corrected chi connectivity index (χ2v) is 4.24. The topological polar surface area (TPSA) is 32.6 Å². The van der Waals surface area contributed by atoms with Gasteiger partial charge in [0.1, 0.15) is 5.75 Å². The van der Waals surface area contributed by atoms with E-state index >= 15 is 0 Å². The summed E-state index contributed by atoms with van der Waals surface area (Å²) in [5.74, 6) is 1.66. The molecule has 0 aliphatic heterocycles. The van der Waals surface area contributed by atoms with Crippen LogP contribution in [-0.2, 0) is 17.5 Å². The predicted molar refractivity (Wildman–Crippen MR) is 76.5 cm³/mol. The lowest BCUT2D eigenvalue weighted by molar-refractivity contribution is -0.354. The molecule has 98 valence electrons. The molecule has 2 aromatic rings. The molecular weight excluding hydrogens is 238 g/mol. The predicted octanol–water partition coefficient (Wildman–Crippen LogP) is 3.06. The van der Waals surface area contributed by atoms with Crippen molar-refractivity contribution in [3.05, 3.63) is 59.7 Å². The van der Waals surface area contributed by atoms with Gasteiger partial charge in [0.25, 0.3) is 6.79 Å². The standard InChI is InChI=1S/C16H18NO2/c1-18-15-7-3-13(4-8-15)11-17-12-14-5-9-16(19-2)10-6-14/h3-10,17H,1,11-12H2,2H3/q+1. The van der Waals surface area contributed by atoms with Crippen molar-refractivity contribution in [2.45, 2.75) is 13.1 Å². The molecule has 0 saturated heterocycles. The first kappa shape index (κ1) is 13.3. The Bertz CT molecular complexity index is 517. The molecule has 0 atom stereocenters. The third-order valence-corrected chi connectivity index (χ3v) is 2.91. The lowest BCUT2D eigenvalue weighted by Crippen LogP contribution is -2.12. The van der Waals surface area contributed by atoms with Crippen LogP contribution in [0.2, 0.25) is 0 Å². The van der Waals surface area contributed by atoms with Crippen molar-refractivity contribution in [1.29, 1.82) is 0 Å². The van der Waals surface area contributed by atoms with Gasteiger partial charge >= 0.3 is 5.75 Å². The summed E-state index contributed by atoms with van der Waals surface area (Å²) >= 11 is 0. The molecule has 0 spiro atoms. The molecule has 0 aromatic heterocycles. The third-order valence-electron chi connectivity index (χ3n) is 2.91. The summed E-state index contributed by atoms with van der Waals surface area (Å²) in [6.45, 7) is 5.03. The second-order valence-electron chi connectivity index (χ2n) is 4.24. The maximum atomic E-state index is 5.13. The van der Waals surface area contributed by atoms with Gasteiger partial charge in [-0.3, -0.25) is 0 Å². The van der Waals surface area contributed by atoms with E-state index in [1.54, 1.807) is 7.11 Å². The van der Waals surface area contributed by atoms with Crippen molar-refractivity contribution in [1.82, 2.24) is 5.32 Å². The van der Waals surface area contributed by atoms with Crippen molar-refractivity contribution in [2.75, 3.05) is 7.11 Å². The minimum atomic E-state index is 0.777. The molecule has 1 N–H and O–H groups in total. The Morgan fingerprint density at radius 1 is 0.947 bits per heavy atom. The highest BCUT2D eigenvalue weighted by Gasteiger charge is 2.00. The molecule has 0 radical (unpaired) electrons. The molecule has 0 aliphatic rings. The van der Waals surface area contributed by atoms with Crippen LogP contribution in [-0.4, -0.2) is 13.9 Å². The van der Waals surface area contributed by atoms with E-state index in [4.69, 9.17) is 9.16 Å². The van der Waals surface area contributed by atoms with E-state index < -0.39 is 0 Å². The van der Waals surface area contributed by atoms with Crippen molar-refractivity contribution in [2.24, 2.45) is 0 Å². The van der Waals surface area contributed by atoms with Crippen LogP contribution in [0.15, 0.2) is 48.5 Å². The van der Waals surface area contributed by atoms with Crippen LogP contribution in [0, 0.1) is 0 Å². The Morgan fingerprint density at radius 2 is 1.47 bits per heavy atom. The van der Waals surface area contributed by atoms with Gasteiger partial charge in [-0.2, -0.15) is 0 Å². The van der Waals surface area contributed by atoms with Crippen LogP contribution in [0.3, 0.4) is 0 Å². The minimum Gasteiger partial charge on any atom is -0.497 e. The SMILES string of the molecule is C=[O+]c1ccc(CNCc2ccc(OC)cc2)cc1. The van der Waals surface area contributed by atoms with Crippen molar-refractivity contribution >= 4 is 6.79 Å². The van der Waals surface area contributed by atoms with Crippen LogP contribution >= 0.6 is 0 Å². The molecule has 0 heterocycles. The summed E-state index contributed by atoms with van der Waals surface area (Å²) in [4.78, 5) is 0. The summed E-state index contributed by atoms with van der Waals surface area (Å²) in [6.07, 6.45) is 0. The Morgan fingerprint density at radius 3 is 1.95 bits per heavy atom. The Balaban J connectivity index is 1.83. The van der Waals surface area contributed by atoms with Gasteiger partial charge < -0.3 is 10.1 Å². The fraction of sp³-hybridized carbons (Fsp3) is 0.188. The highest BCUT2D eigenvalue weighted by molar-refractivity contribution is 5.29. The summed E-state index contributed by atoms with van der Waals surface area (Å²) in [7, 11) is 1.67. The molecular formula is C16H18NO2+. The van der Waals surface area contributed by atoms with Crippen LogP contribution in [0.5, 0.6) is 11.5 Å². The lowest BCUT2D eigenvalue weighted by Gasteiger charge is -2.06. The fourth-order valence-corrected chi connectivity index (χ4v) is 1.80. The van der Waals surface area contributed by atoms with Crippen LogP contribution < -0.4 is 10.1 Å². The Labute approximate surface area is 113 Å². The average molecular weight is 256 g/mol. The van der Waals surface area contributed by atoms with Gasteiger partial charge in [0.05, 0.1) is 7.11 Å².